The van der Waals surface area contributed by atoms with Crippen molar-refractivity contribution in [2.24, 2.45) is 11.5 Å². The van der Waals surface area contributed by atoms with Gasteiger partial charge in [-0.05, 0) is 25.8 Å². The summed E-state index contributed by atoms with van der Waals surface area (Å²) in [6.45, 7) is 5.00. The Morgan fingerprint density at radius 3 is 1.79 bits per heavy atom. The van der Waals surface area contributed by atoms with Crippen LogP contribution in [0.2, 0.25) is 6.04 Å². The second-order valence-electron chi connectivity index (χ2n) is 4.53. The lowest BCUT2D eigenvalue weighted by molar-refractivity contribution is 0.123. The Morgan fingerprint density at radius 2 is 1.47 bits per heavy atom. The standard InChI is InChI=1S/C7H18O3Si.C6H16N2/c1-5-6-7-11(8-2,9-3)10-4;1-2-3-6(8)4-5-7/h5-7H2,1-4H3;6H,2-5,7-8H2,1H3. The molecular formula is C13H34N2O3Si. The fourth-order valence-corrected chi connectivity index (χ4v) is 3.58. The summed E-state index contributed by atoms with van der Waals surface area (Å²) in [6.07, 6.45) is 5.48. The van der Waals surface area contributed by atoms with Crippen LogP contribution in [0, 0.1) is 0 Å². The number of nitrogens with two attached hydrogens (primary N) is 2. The normalized spacial score (nSPS) is 12.8. The van der Waals surface area contributed by atoms with Crippen molar-refractivity contribution in [3.8, 4) is 0 Å². The summed E-state index contributed by atoms with van der Waals surface area (Å²) < 4.78 is 15.7. The minimum Gasteiger partial charge on any atom is -0.377 e. The molecule has 1 unspecified atom stereocenters. The third kappa shape index (κ3) is 11.5. The Bertz CT molecular complexity index is 167. The third-order valence-corrected chi connectivity index (χ3v) is 5.80. The van der Waals surface area contributed by atoms with Crippen LogP contribution in [0.4, 0.5) is 0 Å². The van der Waals surface area contributed by atoms with Gasteiger partial charge in [0.25, 0.3) is 0 Å². The molecule has 5 nitrogen and oxygen atoms in total. The summed E-state index contributed by atoms with van der Waals surface area (Å²) >= 11 is 0. The molecule has 1 atom stereocenters. The molecule has 118 valence electrons. The first-order valence-electron chi connectivity index (χ1n) is 7.16. The first-order chi connectivity index (χ1) is 9.05. The molecular weight excluding hydrogens is 260 g/mol. The van der Waals surface area contributed by atoms with E-state index in [9.17, 15) is 0 Å². The van der Waals surface area contributed by atoms with Crippen molar-refractivity contribution in [1.29, 1.82) is 0 Å². The molecule has 0 saturated heterocycles. The van der Waals surface area contributed by atoms with Crippen LogP contribution < -0.4 is 11.5 Å². The predicted octanol–water partition coefficient (Wildman–Crippen LogP) is 2.13. The summed E-state index contributed by atoms with van der Waals surface area (Å²) in [5, 5.41) is 0. The molecule has 0 heterocycles. The molecule has 19 heavy (non-hydrogen) atoms. The molecule has 0 fully saturated rings. The van der Waals surface area contributed by atoms with E-state index in [0.29, 0.717) is 6.04 Å². The summed E-state index contributed by atoms with van der Waals surface area (Å²) in [6, 6.07) is 1.25. The molecule has 0 aromatic carbocycles. The van der Waals surface area contributed by atoms with E-state index in [2.05, 4.69) is 13.8 Å². The van der Waals surface area contributed by atoms with Gasteiger partial charge in [-0.2, -0.15) is 0 Å². The number of unbranched alkanes of at least 4 members (excludes halogenated alkanes) is 1. The minimum atomic E-state index is -2.24. The molecule has 6 heteroatoms. The Kier molecular flexibility index (Phi) is 16.2. The highest BCUT2D eigenvalue weighted by atomic mass is 28.4. The van der Waals surface area contributed by atoms with Crippen molar-refractivity contribution in [2.45, 2.75) is 58.0 Å². The molecule has 0 aromatic rings. The van der Waals surface area contributed by atoms with Crippen LogP contribution in [0.5, 0.6) is 0 Å². The van der Waals surface area contributed by atoms with Crippen LogP contribution in [0.15, 0.2) is 0 Å². The molecule has 0 spiro atoms. The van der Waals surface area contributed by atoms with E-state index in [1.54, 1.807) is 21.3 Å². The Hall–Kier alpha value is 0.0169. The smallest absolute Gasteiger partial charge is 0.377 e. The molecule has 0 saturated carbocycles. The number of hydrogen-bond acceptors (Lipinski definition) is 5. The molecule has 4 N–H and O–H groups in total. The molecule has 0 radical (unpaired) electrons. The van der Waals surface area contributed by atoms with Gasteiger partial charge < -0.3 is 24.7 Å². The van der Waals surface area contributed by atoms with Gasteiger partial charge in [0.2, 0.25) is 0 Å². The number of rotatable bonds is 10. The molecule has 0 aliphatic heterocycles. The van der Waals surface area contributed by atoms with Gasteiger partial charge in [-0.25, -0.2) is 0 Å². The van der Waals surface area contributed by atoms with Crippen molar-refractivity contribution in [3.05, 3.63) is 0 Å². The first-order valence-corrected chi connectivity index (χ1v) is 9.09. The van der Waals surface area contributed by atoms with Gasteiger partial charge in [0.05, 0.1) is 0 Å². The van der Waals surface area contributed by atoms with E-state index in [1.807, 2.05) is 0 Å². The molecule has 0 aliphatic rings. The maximum atomic E-state index is 5.61. The molecule has 0 rings (SSSR count). The fourth-order valence-electron chi connectivity index (χ4n) is 1.68. The van der Waals surface area contributed by atoms with E-state index >= 15 is 0 Å². The van der Waals surface area contributed by atoms with Gasteiger partial charge in [-0.3, -0.25) is 0 Å². The van der Waals surface area contributed by atoms with Crippen molar-refractivity contribution in [2.75, 3.05) is 27.9 Å². The SMILES string of the molecule is CCCC(N)CCN.CCCC[Si](OC)(OC)OC. The van der Waals surface area contributed by atoms with Crippen molar-refractivity contribution < 1.29 is 13.3 Å². The third-order valence-electron chi connectivity index (χ3n) is 2.97. The fraction of sp³-hybridized carbons (Fsp3) is 1.00. The van der Waals surface area contributed by atoms with Gasteiger partial charge >= 0.3 is 8.80 Å². The molecule has 0 aromatic heterocycles. The quantitative estimate of drug-likeness (QED) is 0.603. The monoisotopic (exact) mass is 294 g/mol. The average molecular weight is 295 g/mol. The summed E-state index contributed by atoms with van der Waals surface area (Å²) in [4.78, 5) is 0. The average Bonchev–Trinajstić information content (AvgIpc) is 2.42. The highest BCUT2D eigenvalue weighted by Crippen LogP contribution is 2.15. The summed E-state index contributed by atoms with van der Waals surface area (Å²) in [5.74, 6) is 0. The van der Waals surface area contributed by atoms with Crippen LogP contribution >= 0.6 is 0 Å². The van der Waals surface area contributed by atoms with Gasteiger partial charge in [0.1, 0.15) is 0 Å². The Labute approximate surface area is 120 Å². The van der Waals surface area contributed by atoms with Crippen molar-refractivity contribution >= 4 is 8.80 Å². The van der Waals surface area contributed by atoms with Crippen LogP contribution in [0.3, 0.4) is 0 Å². The molecule has 0 amide bonds. The van der Waals surface area contributed by atoms with E-state index < -0.39 is 8.80 Å². The largest absolute Gasteiger partial charge is 0.500 e. The second kappa shape index (κ2) is 14.4. The summed E-state index contributed by atoms with van der Waals surface area (Å²) in [7, 11) is 2.70. The van der Waals surface area contributed by atoms with Gasteiger partial charge in [-0.1, -0.05) is 26.7 Å². The van der Waals surface area contributed by atoms with E-state index in [-0.39, 0.29) is 0 Å². The van der Waals surface area contributed by atoms with Gasteiger partial charge in [-0.15, -0.1) is 0 Å². The van der Waals surface area contributed by atoms with Crippen LogP contribution in [0.1, 0.15) is 46.0 Å². The zero-order valence-corrected chi connectivity index (χ0v) is 14.4. The summed E-state index contributed by atoms with van der Waals surface area (Å²) in [5.41, 5.74) is 10.9. The topological polar surface area (TPSA) is 79.7 Å². The zero-order chi connectivity index (χ0) is 15.1. The van der Waals surface area contributed by atoms with Gasteiger partial charge in [0, 0.05) is 33.4 Å². The van der Waals surface area contributed by atoms with Crippen LogP contribution in [0.25, 0.3) is 0 Å². The lowest BCUT2D eigenvalue weighted by atomic mass is 10.1. The van der Waals surface area contributed by atoms with Crippen molar-refractivity contribution in [3.63, 3.8) is 0 Å². The maximum absolute atomic E-state index is 5.61. The molecule has 0 aliphatic carbocycles. The lowest BCUT2D eigenvalue weighted by Gasteiger charge is -2.23. The maximum Gasteiger partial charge on any atom is 0.500 e. The van der Waals surface area contributed by atoms with Crippen LogP contribution in [-0.4, -0.2) is 42.7 Å². The van der Waals surface area contributed by atoms with Crippen molar-refractivity contribution in [1.82, 2.24) is 0 Å². The minimum absolute atomic E-state index is 0.338. The molecule has 0 bridgehead atoms. The predicted molar refractivity (Wildman–Crippen MR) is 83.1 cm³/mol. The van der Waals surface area contributed by atoms with Crippen LogP contribution in [-0.2, 0) is 13.3 Å². The highest BCUT2D eigenvalue weighted by Gasteiger charge is 2.36. The van der Waals surface area contributed by atoms with E-state index in [4.69, 9.17) is 24.7 Å². The highest BCUT2D eigenvalue weighted by molar-refractivity contribution is 6.60. The van der Waals surface area contributed by atoms with E-state index in [0.717, 1.165) is 38.3 Å². The Morgan fingerprint density at radius 1 is 0.947 bits per heavy atom. The van der Waals surface area contributed by atoms with E-state index in [1.165, 1.54) is 6.42 Å². The zero-order valence-electron chi connectivity index (χ0n) is 13.4. The number of hydrogen-bond donors (Lipinski definition) is 2. The lowest BCUT2D eigenvalue weighted by Crippen LogP contribution is -2.42. The first kappa shape index (κ1) is 21.3. The van der Waals surface area contributed by atoms with Gasteiger partial charge in [0.15, 0.2) is 0 Å². The second-order valence-corrected chi connectivity index (χ2v) is 7.62. The Balaban J connectivity index is 0.